The first kappa shape index (κ1) is 20.9. The molecule has 0 aliphatic carbocycles. The predicted octanol–water partition coefficient (Wildman–Crippen LogP) is 6.39. The molecule has 0 saturated heterocycles. The summed E-state index contributed by atoms with van der Waals surface area (Å²) in [5.41, 5.74) is 1.56. The molecule has 0 atom stereocenters. The molecule has 2 aromatic carbocycles. The number of halogens is 3. The van der Waals surface area contributed by atoms with Crippen molar-refractivity contribution >= 4 is 34.4 Å². The van der Waals surface area contributed by atoms with E-state index in [-0.39, 0.29) is 5.75 Å². The lowest BCUT2D eigenvalue weighted by molar-refractivity contribution is -0.274. The molecule has 1 aliphatic heterocycles. The minimum Gasteiger partial charge on any atom is -0.494 e. The van der Waals surface area contributed by atoms with Crippen molar-refractivity contribution in [2.45, 2.75) is 19.7 Å². The molecular formula is C22H18F3N3O2S. The zero-order chi connectivity index (χ0) is 21.8. The highest BCUT2D eigenvalue weighted by molar-refractivity contribution is 7.12. The van der Waals surface area contributed by atoms with Crippen molar-refractivity contribution in [3.05, 3.63) is 70.4 Å². The van der Waals surface area contributed by atoms with E-state index < -0.39 is 6.36 Å². The lowest BCUT2D eigenvalue weighted by Gasteiger charge is -2.13. The third kappa shape index (κ3) is 5.24. The normalized spacial score (nSPS) is 13.4. The zero-order valence-corrected chi connectivity index (χ0v) is 17.3. The zero-order valence-electron chi connectivity index (χ0n) is 16.4. The standard InChI is InChI=1S/C22H18F3N3O2S/c1-2-11-29-15-7-5-14(6-8-15)20-27-18-13-16(30-22(23,24)25)9-10-17(18)26-21(28-20)19-4-3-12-31-19/h3-10,12-13H,2,11H2,1H3,(H,26,27,28). The van der Waals surface area contributed by atoms with Crippen LogP contribution in [-0.2, 0) is 0 Å². The first-order chi connectivity index (χ1) is 14.9. The van der Waals surface area contributed by atoms with Gasteiger partial charge in [0.05, 0.1) is 22.9 Å². The summed E-state index contributed by atoms with van der Waals surface area (Å²) in [6.45, 7) is 2.64. The van der Waals surface area contributed by atoms with Gasteiger partial charge < -0.3 is 14.8 Å². The maximum Gasteiger partial charge on any atom is 0.573 e. The molecule has 3 aromatic rings. The molecule has 31 heavy (non-hydrogen) atoms. The van der Waals surface area contributed by atoms with Crippen molar-refractivity contribution < 1.29 is 22.6 Å². The van der Waals surface area contributed by atoms with Gasteiger partial charge in [0.2, 0.25) is 0 Å². The van der Waals surface area contributed by atoms with E-state index in [0.29, 0.717) is 29.7 Å². The van der Waals surface area contributed by atoms with E-state index in [4.69, 9.17) is 4.74 Å². The molecule has 0 fully saturated rings. The minimum atomic E-state index is -4.78. The van der Waals surface area contributed by atoms with Gasteiger partial charge in [0.1, 0.15) is 17.3 Å². The van der Waals surface area contributed by atoms with Crippen molar-refractivity contribution in [2.24, 2.45) is 9.98 Å². The van der Waals surface area contributed by atoms with Gasteiger partial charge in [-0.1, -0.05) is 13.0 Å². The van der Waals surface area contributed by atoms with E-state index in [9.17, 15) is 13.2 Å². The summed E-state index contributed by atoms with van der Waals surface area (Å²) in [5, 5.41) is 5.02. The highest BCUT2D eigenvalue weighted by Gasteiger charge is 2.31. The molecule has 0 saturated carbocycles. The fourth-order valence-electron chi connectivity index (χ4n) is 2.89. The van der Waals surface area contributed by atoms with Crippen LogP contribution in [0.4, 0.5) is 24.5 Å². The largest absolute Gasteiger partial charge is 0.573 e. The van der Waals surface area contributed by atoms with E-state index in [1.54, 1.807) is 0 Å². The molecule has 0 bridgehead atoms. The number of alkyl halides is 3. The number of hydrogen-bond donors (Lipinski definition) is 1. The second-order valence-electron chi connectivity index (χ2n) is 6.60. The van der Waals surface area contributed by atoms with E-state index in [2.05, 4.69) is 20.0 Å². The molecule has 2 heterocycles. The van der Waals surface area contributed by atoms with Crippen molar-refractivity contribution in [1.29, 1.82) is 0 Å². The SMILES string of the molecule is CCCOc1ccc(C2=NC(c3cccs3)=Nc3ccc(OC(F)(F)F)cc3N2)cc1. The Balaban J connectivity index is 1.72. The Kier molecular flexibility index (Phi) is 5.94. The summed E-state index contributed by atoms with van der Waals surface area (Å²) in [7, 11) is 0. The highest BCUT2D eigenvalue weighted by atomic mass is 32.1. The molecule has 9 heteroatoms. The van der Waals surface area contributed by atoms with Crippen LogP contribution in [0.25, 0.3) is 0 Å². The van der Waals surface area contributed by atoms with E-state index in [1.165, 1.54) is 29.5 Å². The van der Waals surface area contributed by atoms with Crippen LogP contribution >= 0.6 is 11.3 Å². The fourth-order valence-corrected chi connectivity index (χ4v) is 3.55. The third-order valence-electron chi connectivity index (χ3n) is 4.24. The number of benzene rings is 2. The first-order valence-electron chi connectivity index (χ1n) is 9.52. The average Bonchev–Trinajstić information content (AvgIpc) is 3.20. The quantitative estimate of drug-likeness (QED) is 0.479. The maximum absolute atomic E-state index is 12.7. The molecule has 0 spiro atoms. The molecule has 5 nitrogen and oxygen atoms in total. The van der Waals surface area contributed by atoms with Gasteiger partial charge >= 0.3 is 6.36 Å². The number of fused-ring (bicyclic) bond motifs is 1. The molecule has 160 valence electrons. The van der Waals surface area contributed by atoms with Crippen LogP contribution in [0.3, 0.4) is 0 Å². The van der Waals surface area contributed by atoms with Gasteiger partial charge in [-0.15, -0.1) is 24.5 Å². The van der Waals surface area contributed by atoms with Crippen LogP contribution in [0.2, 0.25) is 0 Å². The molecular weight excluding hydrogens is 427 g/mol. The van der Waals surface area contributed by atoms with Gasteiger partial charge in [0, 0.05) is 11.6 Å². The summed E-state index contributed by atoms with van der Waals surface area (Å²) >= 11 is 1.47. The number of thiophene rings is 1. The molecule has 4 rings (SSSR count). The molecule has 0 amide bonds. The number of anilines is 1. The van der Waals surface area contributed by atoms with Gasteiger partial charge in [-0.05, 0) is 54.3 Å². The Morgan fingerprint density at radius 3 is 2.45 bits per heavy atom. The average molecular weight is 445 g/mol. The van der Waals surface area contributed by atoms with E-state index in [1.807, 2.05) is 48.7 Å². The molecule has 0 radical (unpaired) electrons. The Morgan fingerprint density at radius 1 is 1.00 bits per heavy atom. The molecule has 1 N–H and O–H groups in total. The van der Waals surface area contributed by atoms with Crippen LogP contribution in [0.5, 0.6) is 11.5 Å². The first-order valence-corrected chi connectivity index (χ1v) is 10.4. The molecule has 1 aromatic heterocycles. The van der Waals surface area contributed by atoms with Crippen LogP contribution in [0.1, 0.15) is 23.8 Å². The van der Waals surface area contributed by atoms with Crippen molar-refractivity contribution in [1.82, 2.24) is 0 Å². The van der Waals surface area contributed by atoms with Crippen molar-refractivity contribution in [3.63, 3.8) is 0 Å². The summed E-state index contributed by atoms with van der Waals surface area (Å²) < 4.78 is 47.7. The highest BCUT2D eigenvalue weighted by Crippen LogP contribution is 2.35. The minimum absolute atomic E-state index is 0.337. The van der Waals surface area contributed by atoms with Crippen molar-refractivity contribution in [2.75, 3.05) is 11.9 Å². The Morgan fingerprint density at radius 2 is 1.77 bits per heavy atom. The maximum atomic E-state index is 12.7. The number of rotatable bonds is 6. The summed E-state index contributed by atoms with van der Waals surface area (Å²) in [6, 6.07) is 15.1. The predicted molar refractivity (Wildman–Crippen MR) is 116 cm³/mol. The number of hydrogen-bond acceptors (Lipinski definition) is 6. The fraction of sp³-hybridized carbons (Fsp3) is 0.182. The van der Waals surface area contributed by atoms with Crippen LogP contribution in [-0.4, -0.2) is 24.6 Å². The molecule has 1 aliphatic rings. The number of amidine groups is 2. The Bertz CT molecular complexity index is 1110. The van der Waals surface area contributed by atoms with Crippen molar-refractivity contribution in [3.8, 4) is 11.5 Å². The number of ether oxygens (including phenoxy) is 2. The van der Waals surface area contributed by atoms with E-state index >= 15 is 0 Å². The lowest BCUT2D eigenvalue weighted by Crippen LogP contribution is -2.18. The van der Waals surface area contributed by atoms with Gasteiger partial charge in [-0.25, -0.2) is 9.98 Å². The topological polar surface area (TPSA) is 55.2 Å². The number of nitrogens with one attached hydrogen (secondary N) is 1. The second kappa shape index (κ2) is 8.81. The lowest BCUT2D eigenvalue weighted by atomic mass is 10.2. The molecule has 0 unspecified atom stereocenters. The van der Waals surface area contributed by atoms with Gasteiger partial charge in [-0.3, -0.25) is 0 Å². The van der Waals surface area contributed by atoms with Crippen LogP contribution < -0.4 is 14.8 Å². The number of aliphatic imine (C=N–C) groups is 2. The van der Waals surface area contributed by atoms with E-state index in [0.717, 1.165) is 22.6 Å². The third-order valence-corrected chi connectivity index (χ3v) is 5.11. The Hall–Kier alpha value is -3.33. The van der Waals surface area contributed by atoms with Crippen LogP contribution in [0.15, 0.2) is 70.0 Å². The monoisotopic (exact) mass is 445 g/mol. The summed E-state index contributed by atoms with van der Waals surface area (Å²) in [6.07, 6.45) is -3.88. The van der Waals surface area contributed by atoms with Gasteiger partial charge in [0.25, 0.3) is 0 Å². The van der Waals surface area contributed by atoms with Gasteiger partial charge in [-0.2, -0.15) is 0 Å². The van der Waals surface area contributed by atoms with Crippen LogP contribution in [0, 0.1) is 0 Å². The second-order valence-corrected chi connectivity index (χ2v) is 7.55. The Labute approximate surface area is 180 Å². The smallest absolute Gasteiger partial charge is 0.494 e. The van der Waals surface area contributed by atoms with Gasteiger partial charge in [0.15, 0.2) is 5.84 Å². The summed E-state index contributed by atoms with van der Waals surface area (Å²) in [4.78, 5) is 10.1. The summed E-state index contributed by atoms with van der Waals surface area (Å²) in [5.74, 6) is 1.31. The number of nitrogens with zero attached hydrogens (tertiary/aromatic N) is 2.